The second kappa shape index (κ2) is 7.11. The summed E-state index contributed by atoms with van der Waals surface area (Å²) in [4.78, 5) is 0. The lowest BCUT2D eigenvalue weighted by atomic mass is 9.91. The first kappa shape index (κ1) is 14.6. The van der Waals surface area contributed by atoms with E-state index >= 15 is 0 Å². The first-order valence-corrected chi connectivity index (χ1v) is 9.34. The molecule has 3 unspecified atom stereocenters. The van der Waals surface area contributed by atoms with Crippen LogP contribution in [-0.2, 0) is 0 Å². The molecule has 2 saturated carbocycles. The SMILES string of the molecule is CCCNC(C1=CCCCCCC1)C1C2CCCCC21. The summed E-state index contributed by atoms with van der Waals surface area (Å²) in [5, 5.41) is 3.94. The van der Waals surface area contributed by atoms with Crippen molar-refractivity contribution in [1.29, 1.82) is 0 Å². The highest BCUT2D eigenvalue weighted by Crippen LogP contribution is 2.58. The largest absolute Gasteiger partial charge is 0.310 e. The van der Waals surface area contributed by atoms with Crippen molar-refractivity contribution in [2.24, 2.45) is 17.8 Å². The zero-order chi connectivity index (χ0) is 13.8. The summed E-state index contributed by atoms with van der Waals surface area (Å²) < 4.78 is 0. The number of allylic oxidation sites excluding steroid dienone is 1. The van der Waals surface area contributed by atoms with E-state index in [1.165, 1.54) is 77.2 Å². The fourth-order valence-corrected chi connectivity index (χ4v) is 4.86. The van der Waals surface area contributed by atoms with E-state index in [1.54, 1.807) is 5.57 Å². The highest BCUT2D eigenvalue weighted by Gasteiger charge is 2.54. The second-order valence-electron chi connectivity index (χ2n) is 7.35. The molecule has 0 spiro atoms. The maximum atomic E-state index is 3.94. The third-order valence-corrected chi connectivity index (χ3v) is 5.95. The minimum absolute atomic E-state index is 0.737. The van der Waals surface area contributed by atoms with Crippen molar-refractivity contribution >= 4 is 0 Å². The van der Waals surface area contributed by atoms with Crippen LogP contribution in [0.2, 0.25) is 0 Å². The van der Waals surface area contributed by atoms with Crippen LogP contribution >= 0.6 is 0 Å². The lowest BCUT2D eigenvalue weighted by Gasteiger charge is -2.24. The van der Waals surface area contributed by atoms with Crippen LogP contribution < -0.4 is 5.32 Å². The average Bonchev–Trinajstić information content (AvgIpc) is 3.15. The van der Waals surface area contributed by atoms with Crippen molar-refractivity contribution in [3.63, 3.8) is 0 Å². The Morgan fingerprint density at radius 2 is 1.80 bits per heavy atom. The van der Waals surface area contributed by atoms with Gasteiger partial charge in [0.2, 0.25) is 0 Å². The van der Waals surface area contributed by atoms with E-state index in [1.807, 2.05) is 0 Å². The molecule has 20 heavy (non-hydrogen) atoms. The van der Waals surface area contributed by atoms with Crippen LogP contribution in [0, 0.1) is 17.8 Å². The molecule has 0 aromatic heterocycles. The maximum absolute atomic E-state index is 3.94. The van der Waals surface area contributed by atoms with Gasteiger partial charge in [0.25, 0.3) is 0 Å². The summed E-state index contributed by atoms with van der Waals surface area (Å²) in [6, 6.07) is 0.737. The van der Waals surface area contributed by atoms with Crippen molar-refractivity contribution < 1.29 is 0 Å². The molecule has 0 amide bonds. The minimum Gasteiger partial charge on any atom is -0.310 e. The topological polar surface area (TPSA) is 12.0 Å². The molecule has 0 aliphatic heterocycles. The first-order valence-electron chi connectivity index (χ1n) is 9.34. The van der Waals surface area contributed by atoms with Gasteiger partial charge in [-0.25, -0.2) is 0 Å². The molecule has 0 aromatic carbocycles. The standard InChI is InChI=1S/C19H33N/c1-2-14-20-19(15-10-6-4-3-5-7-11-15)18-16-12-8-9-13-17(16)18/h10,16-20H,2-9,11-14H2,1H3. The Bertz CT molecular complexity index is 321. The van der Waals surface area contributed by atoms with Gasteiger partial charge in [0.1, 0.15) is 0 Å². The summed E-state index contributed by atoms with van der Waals surface area (Å²) in [6.45, 7) is 3.51. The molecule has 0 bridgehead atoms. The second-order valence-corrected chi connectivity index (χ2v) is 7.35. The van der Waals surface area contributed by atoms with E-state index in [2.05, 4.69) is 18.3 Å². The van der Waals surface area contributed by atoms with E-state index in [0.717, 1.165) is 23.8 Å². The number of hydrogen-bond donors (Lipinski definition) is 1. The summed E-state index contributed by atoms with van der Waals surface area (Å²) in [5.74, 6) is 3.14. The minimum atomic E-state index is 0.737. The predicted molar refractivity (Wildman–Crippen MR) is 86.8 cm³/mol. The fourth-order valence-electron chi connectivity index (χ4n) is 4.86. The van der Waals surface area contributed by atoms with Gasteiger partial charge in [0.15, 0.2) is 0 Å². The lowest BCUT2D eigenvalue weighted by Crippen LogP contribution is -2.35. The Kier molecular flexibility index (Phi) is 5.20. The van der Waals surface area contributed by atoms with Gasteiger partial charge in [0, 0.05) is 6.04 Å². The fraction of sp³-hybridized carbons (Fsp3) is 0.895. The van der Waals surface area contributed by atoms with Crippen molar-refractivity contribution in [3.8, 4) is 0 Å². The smallest absolute Gasteiger partial charge is 0.0313 e. The normalized spacial score (nSPS) is 35.5. The van der Waals surface area contributed by atoms with Crippen LogP contribution in [0.5, 0.6) is 0 Å². The van der Waals surface area contributed by atoms with Crippen LogP contribution in [0.3, 0.4) is 0 Å². The quantitative estimate of drug-likeness (QED) is 0.691. The van der Waals surface area contributed by atoms with E-state index in [4.69, 9.17) is 0 Å². The molecule has 1 heteroatoms. The van der Waals surface area contributed by atoms with Gasteiger partial charge in [-0.15, -0.1) is 0 Å². The van der Waals surface area contributed by atoms with Crippen molar-refractivity contribution in [3.05, 3.63) is 11.6 Å². The van der Waals surface area contributed by atoms with Gasteiger partial charge >= 0.3 is 0 Å². The Labute approximate surface area is 125 Å². The Hall–Kier alpha value is -0.300. The van der Waals surface area contributed by atoms with Crippen molar-refractivity contribution in [2.75, 3.05) is 6.54 Å². The molecule has 0 aromatic rings. The molecule has 3 rings (SSSR count). The van der Waals surface area contributed by atoms with Gasteiger partial charge in [-0.05, 0) is 69.2 Å². The van der Waals surface area contributed by atoms with Crippen molar-refractivity contribution in [2.45, 2.75) is 83.6 Å². The summed E-state index contributed by atoms with van der Waals surface area (Å²) >= 11 is 0. The summed E-state index contributed by atoms with van der Waals surface area (Å²) in [7, 11) is 0. The van der Waals surface area contributed by atoms with Gasteiger partial charge in [-0.1, -0.05) is 44.3 Å². The molecular weight excluding hydrogens is 242 g/mol. The first-order chi connectivity index (χ1) is 9.92. The molecule has 3 aliphatic rings. The summed E-state index contributed by atoms with van der Waals surface area (Å²) in [5.41, 5.74) is 1.79. The molecular formula is C19H33N. The monoisotopic (exact) mass is 275 g/mol. The van der Waals surface area contributed by atoms with Crippen LogP contribution in [0.1, 0.15) is 77.6 Å². The van der Waals surface area contributed by atoms with E-state index in [9.17, 15) is 0 Å². The molecule has 3 aliphatic carbocycles. The number of fused-ring (bicyclic) bond motifs is 1. The Morgan fingerprint density at radius 1 is 1.05 bits per heavy atom. The average molecular weight is 275 g/mol. The number of hydrogen-bond acceptors (Lipinski definition) is 1. The molecule has 114 valence electrons. The zero-order valence-corrected chi connectivity index (χ0v) is 13.4. The molecule has 2 fully saturated rings. The van der Waals surface area contributed by atoms with Gasteiger partial charge in [-0.3, -0.25) is 0 Å². The van der Waals surface area contributed by atoms with Crippen LogP contribution in [-0.4, -0.2) is 12.6 Å². The molecule has 1 nitrogen and oxygen atoms in total. The van der Waals surface area contributed by atoms with Gasteiger partial charge in [-0.2, -0.15) is 0 Å². The molecule has 3 atom stereocenters. The third-order valence-electron chi connectivity index (χ3n) is 5.95. The maximum Gasteiger partial charge on any atom is 0.0313 e. The Balaban J connectivity index is 1.68. The molecule has 1 N–H and O–H groups in total. The van der Waals surface area contributed by atoms with Crippen LogP contribution in [0.4, 0.5) is 0 Å². The molecule has 0 saturated heterocycles. The molecule has 0 heterocycles. The number of nitrogens with one attached hydrogen (secondary N) is 1. The van der Waals surface area contributed by atoms with Crippen LogP contribution in [0.15, 0.2) is 11.6 Å². The molecule has 0 radical (unpaired) electrons. The lowest BCUT2D eigenvalue weighted by molar-refractivity contribution is 0.457. The highest BCUT2D eigenvalue weighted by atomic mass is 14.9. The number of rotatable bonds is 5. The van der Waals surface area contributed by atoms with E-state index in [0.29, 0.717) is 0 Å². The highest BCUT2D eigenvalue weighted by molar-refractivity contribution is 5.20. The zero-order valence-electron chi connectivity index (χ0n) is 13.4. The predicted octanol–water partition coefficient (Wildman–Crippen LogP) is 5.07. The summed E-state index contributed by atoms with van der Waals surface area (Å²) in [6.07, 6.45) is 18.4. The van der Waals surface area contributed by atoms with Crippen molar-refractivity contribution in [1.82, 2.24) is 5.32 Å². The van der Waals surface area contributed by atoms with Gasteiger partial charge in [0.05, 0.1) is 0 Å². The van der Waals surface area contributed by atoms with Crippen LogP contribution in [0.25, 0.3) is 0 Å². The van der Waals surface area contributed by atoms with E-state index in [-0.39, 0.29) is 0 Å². The third kappa shape index (κ3) is 3.30. The Morgan fingerprint density at radius 3 is 2.55 bits per heavy atom. The van der Waals surface area contributed by atoms with Gasteiger partial charge < -0.3 is 5.32 Å². The van der Waals surface area contributed by atoms with E-state index < -0.39 is 0 Å².